The molecular formula is C15H22ClN3. The monoisotopic (exact) mass is 279 g/mol. The van der Waals surface area contributed by atoms with Gasteiger partial charge in [0.2, 0.25) is 0 Å². The Kier molecular flexibility index (Phi) is 4.35. The Hall–Kier alpha value is -1.22. The molecule has 0 atom stereocenters. The highest BCUT2D eigenvalue weighted by Crippen LogP contribution is 2.32. The number of nitrogens with two attached hydrogens (primary N) is 1. The molecule has 0 spiro atoms. The third kappa shape index (κ3) is 3.21. The van der Waals surface area contributed by atoms with Gasteiger partial charge in [0, 0.05) is 29.4 Å². The van der Waals surface area contributed by atoms with Gasteiger partial charge in [0.05, 0.1) is 0 Å². The second-order valence-corrected chi connectivity index (χ2v) is 6.04. The van der Waals surface area contributed by atoms with Gasteiger partial charge in [-0.1, -0.05) is 18.5 Å². The number of halogens is 1. The van der Waals surface area contributed by atoms with Crippen LogP contribution in [0.5, 0.6) is 0 Å². The molecule has 0 aliphatic heterocycles. The molecule has 3 nitrogen and oxygen atoms in total. The summed E-state index contributed by atoms with van der Waals surface area (Å²) in [7, 11) is 2.08. The maximum Gasteiger partial charge on any atom is 0.124 e. The summed E-state index contributed by atoms with van der Waals surface area (Å²) in [4.78, 5) is 2.24. The van der Waals surface area contributed by atoms with E-state index in [2.05, 4.69) is 18.9 Å². The number of hydrogen-bond donors (Lipinski definition) is 2. The van der Waals surface area contributed by atoms with Crippen LogP contribution < -0.4 is 10.6 Å². The highest BCUT2D eigenvalue weighted by molar-refractivity contribution is 6.31. The average molecular weight is 280 g/mol. The van der Waals surface area contributed by atoms with Crippen LogP contribution in [0.4, 0.5) is 5.69 Å². The van der Waals surface area contributed by atoms with Crippen molar-refractivity contribution in [2.45, 2.75) is 38.6 Å². The first kappa shape index (κ1) is 14.2. The van der Waals surface area contributed by atoms with E-state index in [1.54, 1.807) is 6.07 Å². The van der Waals surface area contributed by atoms with E-state index in [1.165, 1.54) is 25.7 Å². The van der Waals surface area contributed by atoms with Crippen molar-refractivity contribution in [3.05, 3.63) is 28.8 Å². The topological polar surface area (TPSA) is 53.1 Å². The molecule has 0 radical (unpaired) electrons. The molecule has 0 bridgehead atoms. The van der Waals surface area contributed by atoms with Crippen LogP contribution in [-0.4, -0.2) is 18.9 Å². The molecule has 2 rings (SSSR count). The van der Waals surface area contributed by atoms with E-state index >= 15 is 0 Å². The van der Waals surface area contributed by atoms with Crippen LogP contribution in [0.25, 0.3) is 0 Å². The normalized spacial score (nSPS) is 23.1. The molecule has 1 aromatic rings. The highest BCUT2D eigenvalue weighted by Gasteiger charge is 2.23. The van der Waals surface area contributed by atoms with Crippen molar-refractivity contribution in [1.82, 2.24) is 0 Å². The van der Waals surface area contributed by atoms with Gasteiger partial charge < -0.3 is 10.6 Å². The summed E-state index contributed by atoms with van der Waals surface area (Å²) in [6, 6.07) is 6.06. The van der Waals surface area contributed by atoms with Gasteiger partial charge in [-0.3, -0.25) is 5.41 Å². The van der Waals surface area contributed by atoms with E-state index in [4.69, 9.17) is 22.7 Å². The Bertz CT molecular complexity index is 464. The molecule has 3 N–H and O–H groups in total. The van der Waals surface area contributed by atoms with E-state index in [0.29, 0.717) is 11.1 Å². The smallest absolute Gasteiger partial charge is 0.124 e. The predicted octanol–water partition coefficient (Wildman–Crippen LogP) is 3.64. The molecule has 0 heterocycles. The third-order valence-corrected chi connectivity index (χ3v) is 4.40. The summed E-state index contributed by atoms with van der Waals surface area (Å²) in [6.07, 6.45) is 4.93. The van der Waals surface area contributed by atoms with Crippen LogP contribution in [0.1, 0.15) is 38.2 Å². The van der Waals surface area contributed by atoms with Gasteiger partial charge in [0.1, 0.15) is 5.84 Å². The Morgan fingerprint density at radius 1 is 1.32 bits per heavy atom. The van der Waals surface area contributed by atoms with Crippen molar-refractivity contribution < 1.29 is 0 Å². The lowest BCUT2D eigenvalue weighted by Gasteiger charge is -2.36. The van der Waals surface area contributed by atoms with Crippen LogP contribution in [0.3, 0.4) is 0 Å². The SMILES string of the molecule is CC1CCC(N(C)c2cc(Cl)ccc2C(=N)N)CC1. The van der Waals surface area contributed by atoms with Crippen LogP contribution in [-0.2, 0) is 0 Å². The first-order valence-electron chi connectivity index (χ1n) is 6.86. The lowest BCUT2D eigenvalue weighted by Crippen LogP contribution is -2.36. The van der Waals surface area contributed by atoms with Crippen molar-refractivity contribution >= 4 is 23.1 Å². The number of benzene rings is 1. The number of anilines is 1. The van der Waals surface area contributed by atoms with Gasteiger partial charge in [0.15, 0.2) is 0 Å². The maximum atomic E-state index is 7.69. The second kappa shape index (κ2) is 5.83. The number of nitrogens with one attached hydrogen (secondary N) is 1. The van der Waals surface area contributed by atoms with Crippen molar-refractivity contribution in [1.29, 1.82) is 5.41 Å². The number of amidine groups is 1. The fourth-order valence-electron chi connectivity index (χ4n) is 2.85. The van der Waals surface area contributed by atoms with Crippen molar-refractivity contribution in [3.63, 3.8) is 0 Å². The van der Waals surface area contributed by atoms with Crippen LogP contribution in [0, 0.1) is 11.3 Å². The molecule has 104 valence electrons. The zero-order chi connectivity index (χ0) is 14.0. The summed E-state index contributed by atoms with van der Waals surface area (Å²) < 4.78 is 0. The largest absolute Gasteiger partial charge is 0.384 e. The second-order valence-electron chi connectivity index (χ2n) is 5.60. The van der Waals surface area contributed by atoms with Crippen molar-refractivity contribution in [2.75, 3.05) is 11.9 Å². The molecule has 0 amide bonds. The van der Waals surface area contributed by atoms with E-state index in [0.717, 1.165) is 17.2 Å². The Labute approximate surface area is 120 Å². The Morgan fingerprint density at radius 2 is 1.95 bits per heavy atom. The molecule has 1 saturated carbocycles. The zero-order valence-corrected chi connectivity index (χ0v) is 12.4. The summed E-state index contributed by atoms with van der Waals surface area (Å²) >= 11 is 6.09. The molecule has 1 aromatic carbocycles. The number of rotatable bonds is 3. The molecule has 19 heavy (non-hydrogen) atoms. The van der Waals surface area contributed by atoms with E-state index in [-0.39, 0.29) is 5.84 Å². The molecule has 1 aliphatic rings. The molecule has 4 heteroatoms. The fraction of sp³-hybridized carbons (Fsp3) is 0.533. The highest BCUT2D eigenvalue weighted by atomic mass is 35.5. The fourth-order valence-corrected chi connectivity index (χ4v) is 3.02. The van der Waals surface area contributed by atoms with Crippen LogP contribution >= 0.6 is 11.6 Å². The maximum absolute atomic E-state index is 7.69. The number of nitrogen functional groups attached to an aromatic ring is 1. The first-order valence-corrected chi connectivity index (χ1v) is 7.23. The Balaban J connectivity index is 2.25. The molecule has 0 aromatic heterocycles. The van der Waals surface area contributed by atoms with Crippen molar-refractivity contribution in [3.8, 4) is 0 Å². The summed E-state index contributed by atoms with van der Waals surface area (Å²) in [6.45, 7) is 2.32. The zero-order valence-electron chi connectivity index (χ0n) is 11.6. The summed E-state index contributed by atoms with van der Waals surface area (Å²) in [5, 5.41) is 8.38. The molecular weight excluding hydrogens is 258 g/mol. The van der Waals surface area contributed by atoms with Crippen LogP contribution in [0.15, 0.2) is 18.2 Å². The van der Waals surface area contributed by atoms with Gasteiger partial charge in [-0.05, 0) is 49.8 Å². The van der Waals surface area contributed by atoms with Gasteiger partial charge >= 0.3 is 0 Å². The van der Waals surface area contributed by atoms with E-state index < -0.39 is 0 Å². The summed E-state index contributed by atoms with van der Waals surface area (Å²) in [5.74, 6) is 0.930. The average Bonchev–Trinajstić information content (AvgIpc) is 2.38. The van der Waals surface area contributed by atoms with Gasteiger partial charge in [-0.15, -0.1) is 0 Å². The number of nitrogens with zero attached hydrogens (tertiary/aromatic N) is 1. The molecule has 1 aliphatic carbocycles. The van der Waals surface area contributed by atoms with Gasteiger partial charge in [0.25, 0.3) is 0 Å². The first-order chi connectivity index (χ1) is 8.99. The third-order valence-electron chi connectivity index (χ3n) is 4.16. The Morgan fingerprint density at radius 3 is 2.53 bits per heavy atom. The minimum absolute atomic E-state index is 0.0997. The molecule has 0 saturated heterocycles. The minimum Gasteiger partial charge on any atom is -0.384 e. The van der Waals surface area contributed by atoms with E-state index in [9.17, 15) is 0 Å². The molecule has 0 unspecified atom stereocenters. The van der Waals surface area contributed by atoms with Gasteiger partial charge in [-0.2, -0.15) is 0 Å². The lowest BCUT2D eigenvalue weighted by atomic mass is 9.86. The number of hydrogen-bond acceptors (Lipinski definition) is 2. The summed E-state index contributed by atoms with van der Waals surface area (Å²) in [5.41, 5.74) is 7.41. The van der Waals surface area contributed by atoms with Crippen molar-refractivity contribution in [2.24, 2.45) is 11.7 Å². The van der Waals surface area contributed by atoms with E-state index in [1.807, 2.05) is 12.1 Å². The van der Waals surface area contributed by atoms with Crippen LogP contribution in [0.2, 0.25) is 5.02 Å². The standard InChI is InChI=1S/C15H22ClN3/c1-10-3-6-12(7-4-10)19(2)14-9-11(16)5-8-13(14)15(17)18/h5,8-10,12H,3-4,6-7H2,1-2H3,(H3,17,18). The molecule has 1 fully saturated rings. The predicted molar refractivity (Wildman–Crippen MR) is 82.3 cm³/mol. The quantitative estimate of drug-likeness (QED) is 0.656. The van der Waals surface area contributed by atoms with Gasteiger partial charge in [-0.25, -0.2) is 0 Å². The lowest BCUT2D eigenvalue weighted by molar-refractivity contribution is 0.340. The minimum atomic E-state index is 0.0997.